The van der Waals surface area contributed by atoms with Gasteiger partial charge < -0.3 is 5.32 Å². The summed E-state index contributed by atoms with van der Waals surface area (Å²) in [5, 5.41) is 2.85. The van der Waals surface area contributed by atoms with Gasteiger partial charge in [-0.2, -0.15) is 0 Å². The fourth-order valence-electron chi connectivity index (χ4n) is 1.71. The van der Waals surface area contributed by atoms with Crippen LogP contribution >= 0.6 is 0 Å². The van der Waals surface area contributed by atoms with Gasteiger partial charge in [-0.25, -0.2) is 4.98 Å². The normalized spacial score (nSPS) is 11.9. The molecular formula is C16H18N2O. The Morgan fingerprint density at radius 3 is 2.58 bits per heavy atom. The summed E-state index contributed by atoms with van der Waals surface area (Å²) in [5.74, 6) is 0.619. The van der Waals surface area contributed by atoms with Crippen LogP contribution < -0.4 is 5.32 Å². The van der Waals surface area contributed by atoms with Gasteiger partial charge in [-0.15, -0.1) is 0 Å². The standard InChI is InChI=1S/C16H18N2O/c1-3-12(2)16(19)18-15-11-7-10-14(17-15)13-8-5-4-6-9-13/h4-12H,3H2,1-2H3,(H,17,18,19). The topological polar surface area (TPSA) is 42.0 Å². The van der Waals surface area contributed by atoms with Crippen LogP contribution in [0.25, 0.3) is 11.3 Å². The summed E-state index contributed by atoms with van der Waals surface area (Å²) in [6.07, 6.45) is 0.824. The molecule has 19 heavy (non-hydrogen) atoms. The van der Waals surface area contributed by atoms with Crippen LogP contribution in [0, 0.1) is 5.92 Å². The molecule has 0 spiro atoms. The molecule has 0 bridgehead atoms. The van der Waals surface area contributed by atoms with E-state index < -0.39 is 0 Å². The van der Waals surface area contributed by atoms with Crippen LogP contribution in [0.15, 0.2) is 48.5 Å². The minimum absolute atomic E-state index is 0.00202. The van der Waals surface area contributed by atoms with Gasteiger partial charge in [0.1, 0.15) is 5.82 Å². The van der Waals surface area contributed by atoms with E-state index in [4.69, 9.17) is 0 Å². The second-order valence-electron chi connectivity index (χ2n) is 4.57. The summed E-state index contributed by atoms with van der Waals surface area (Å²) in [7, 11) is 0. The maximum absolute atomic E-state index is 11.8. The smallest absolute Gasteiger partial charge is 0.228 e. The molecule has 98 valence electrons. The Morgan fingerprint density at radius 2 is 1.89 bits per heavy atom. The van der Waals surface area contributed by atoms with E-state index in [1.54, 1.807) is 0 Å². The third-order valence-corrected chi connectivity index (χ3v) is 3.13. The van der Waals surface area contributed by atoms with Crippen LogP contribution in [0.4, 0.5) is 5.82 Å². The highest BCUT2D eigenvalue weighted by atomic mass is 16.1. The highest BCUT2D eigenvalue weighted by Gasteiger charge is 2.11. The van der Waals surface area contributed by atoms with Crippen molar-refractivity contribution in [2.24, 2.45) is 5.92 Å². The van der Waals surface area contributed by atoms with Crippen molar-refractivity contribution in [1.82, 2.24) is 4.98 Å². The molecule has 0 fully saturated rings. The van der Waals surface area contributed by atoms with Crippen molar-refractivity contribution in [3.8, 4) is 11.3 Å². The lowest BCUT2D eigenvalue weighted by Gasteiger charge is -2.10. The summed E-state index contributed by atoms with van der Waals surface area (Å²) in [6, 6.07) is 15.6. The molecule has 1 unspecified atom stereocenters. The van der Waals surface area contributed by atoms with Gasteiger partial charge in [0.05, 0.1) is 5.69 Å². The Kier molecular flexibility index (Phi) is 4.29. The monoisotopic (exact) mass is 254 g/mol. The van der Waals surface area contributed by atoms with Crippen molar-refractivity contribution in [2.75, 3.05) is 5.32 Å². The van der Waals surface area contributed by atoms with E-state index >= 15 is 0 Å². The molecule has 1 heterocycles. The molecule has 3 nitrogen and oxygen atoms in total. The summed E-state index contributed by atoms with van der Waals surface area (Å²) in [5.41, 5.74) is 1.91. The Hall–Kier alpha value is -2.16. The molecule has 0 aliphatic carbocycles. The van der Waals surface area contributed by atoms with E-state index in [2.05, 4.69) is 10.3 Å². The van der Waals surface area contributed by atoms with E-state index in [-0.39, 0.29) is 11.8 Å². The molecule has 0 aliphatic rings. The minimum Gasteiger partial charge on any atom is -0.310 e. The van der Waals surface area contributed by atoms with Gasteiger partial charge in [0.15, 0.2) is 0 Å². The van der Waals surface area contributed by atoms with Crippen molar-refractivity contribution >= 4 is 11.7 Å². The quantitative estimate of drug-likeness (QED) is 0.903. The zero-order valence-corrected chi connectivity index (χ0v) is 11.3. The van der Waals surface area contributed by atoms with E-state index in [0.717, 1.165) is 17.7 Å². The van der Waals surface area contributed by atoms with E-state index in [1.807, 2.05) is 62.4 Å². The summed E-state index contributed by atoms with van der Waals surface area (Å²) in [4.78, 5) is 16.3. The van der Waals surface area contributed by atoms with Crippen LogP contribution in [0.2, 0.25) is 0 Å². The second-order valence-corrected chi connectivity index (χ2v) is 4.57. The predicted octanol–water partition coefficient (Wildman–Crippen LogP) is 3.73. The Balaban J connectivity index is 2.19. The molecule has 3 heteroatoms. The molecule has 0 radical (unpaired) electrons. The van der Waals surface area contributed by atoms with Gasteiger partial charge in [0.25, 0.3) is 0 Å². The maximum Gasteiger partial charge on any atom is 0.228 e. The number of benzene rings is 1. The fourth-order valence-corrected chi connectivity index (χ4v) is 1.71. The average molecular weight is 254 g/mol. The first kappa shape index (κ1) is 13.3. The van der Waals surface area contributed by atoms with E-state index in [0.29, 0.717) is 5.82 Å². The van der Waals surface area contributed by atoms with Crippen molar-refractivity contribution in [3.63, 3.8) is 0 Å². The number of carbonyl (C=O) groups is 1. The van der Waals surface area contributed by atoms with Crippen molar-refractivity contribution in [2.45, 2.75) is 20.3 Å². The summed E-state index contributed by atoms with van der Waals surface area (Å²) >= 11 is 0. The molecule has 1 aromatic carbocycles. The lowest BCUT2D eigenvalue weighted by Crippen LogP contribution is -2.20. The molecule has 1 aromatic heterocycles. The first-order valence-electron chi connectivity index (χ1n) is 6.54. The fraction of sp³-hybridized carbons (Fsp3) is 0.250. The van der Waals surface area contributed by atoms with Gasteiger partial charge in [-0.1, -0.05) is 50.2 Å². The van der Waals surface area contributed by atoms with Gasteiger partial charge in [0.2, 0.25) is 5.91 Å². The van der Waals surface area contributed by atoms with Crippen LogP contribution in [-0.4, -0.2) is 10.9 Å². The van der Waals surface area contributed by atoms with Crippen molar-refractivity contribution < 1.29 is 4.79 Å². The molecule has 1 atom stereocenters. The number of nitrogens with one attached hydrogen (secondary N) is 1. The highest BCUT2D eigenvalue weighted by Crippen LogP contribution is 2.18. The van der Waals surface area contributed by atoms with Gasteiger partial charge in [0, 0.05) is 11.5 Å². The number of hydrogen-bond acceptors (Lipinski definition) is 2. The number of hydrogen-bond donors (Lipinski definition) is 1. The van der Waals surface area contributed by atoms with E-state index in [9.17, 15) is 4.79 Å². The Morgan fingerprint density at radius 1 is 1.16 bits per heavy atom. The van der Waals surface area contributed by atoms with Crippen LogP contribution in [0.5, 0.6) is 0 Å². The third kappa shape index (κ3) is 3.41. The lowest BCUT2D eigenvalue weighted by atomic mass is 10.1. The van der Waals surface area contributed by atoms with Crippen LogP contribution in [-0.2, 0) is 4.79 Å². The highest BCUT2D eigenvalue weighted by molar-refractivity contribution is 5.91. The second kappa shape index (κ2) is 6.14. The van der Waals surface area contributed by atoms with Gasteiger partial charge in [-0.3, -0.25) is 4.79 Å². The molecule has 1 N–H and O–H groups in total. The minimum atomic E-state index is 0.00202. The third-order valence-electron chi connectivity index (χ3n) is 3.13. The Labute approximate surface area is 113 Å². The van der Waals surface area contributed by atoms with Crippen molar-refractivity contribution in [3.05, 3.63) is 48.5 Å². The van der Waals surface area contributed by atoms with Gasteiger partial charge in [-0.05, 0) is 18.6 Å². The zero-order chi connectivity index (χ0) is 13.7. The SMILES string of the molecule is CCC(C)C(=O)Nc1cccc(-c2ccccc2)n1. The number of pyridine rings is 1. The molecule has 2 rings (SSSR count). The molecular weight excluding hydrogens is 236 g/mol. The predicted molar refractivity (Wildman–Crippen MR) is 77.8 cm³/mol. The van der Waals surface area contributed by atoms with Crippen molar-refractivity contribution in [1.29, 1.82) is 0 Å². The van der Waals surface area contributed by atoms with E-state index in [1.165, 1.54) is 0 Å². The average Bonchev–Trinajstić information content (AvgIpc) is 2.47. The Bertz CT molecular complexity index is 552. The first-order chi connectivity index (χ1) is 9.20. The van der Waals surface area contributed by atoms with Crippen LogP contribution in [0.1, 0.15) is 20.3 Å². The molecule has 2 aromatic rings. The molecule has 0 aliphatic heterocycles. The molecule has 0 saturated carbocycles. The number of carbonyl (C=O) groups excluding carboxylic acids is 1. The molecule has 0 saturated heterocycles. The number of aromatic nitrogens is 1. The number of nitrogens with zero attached hydrogens (tertiary/aromatic N) is 1. The summed E-state index contributed by atoms with van der Waals surface area (Å²) < 4.78 is 0. The molecule has 1 amide bonds. The number of rotatable bonds is 4. The maximum atomic E-state index is 11.8. The zero-order valence-electron chi connectivity index (χ0n) is 11.3. The first-order valence-corrected chi connectivity index (χ1v) is 6.54. The van der Waals surface area contributed by atoms with Crippen LogP contribution in [0.3, 0.4) is 0 Å². The number of amides is 1. The lowest BCUT2D eigenvalue weighted by molar-refractivity contribution is -0.119. The summed E-state index contributed by atoms with van der Waals surface area (Å²) in [6.45, 7) is 3.91. The largest absolute Gasteiger partial charge is 0.310 e. The number of anilines is 1. The van der Waals surface area contributed by atoms with Gasteiger partial charge >= 0.3 is 0 Å².